The zero-order chi connectivity index (χ0) is 39.0. The van der Waals surface area contributed by atoms with Gasteiger partial charge in [0.15, 0.2) is 11.2 Å². The van der Waals surface area contributed by atoms with Gasteiger partial charge in [-0.1, -0.05) is 152 Å². The van der Waals surface area contributed by atoms with Crippen LogP contribution in [0.3, 0.4) is 0 Å². The second kappa shape index (κ2) is 20.0. The first-order chi connectivity index (χ1) is 27.4. The zero-order valence-corrected chi connectivity index (χ0v) is 31.1. The van der Waals surface area contributed by atoms with Crippen molar-refractivity contribution < 1.29 is 38.1 Å². The normalized spacial score (nSPS) is 11.2. The molecule has 1 aromatic heterocycles. The fraction of sp³-hybridized carbons (Fsp3) is 0.133. The molecule has 0 saturated carbocycles. The number of rotatable bonds is 16. The van der Waals surface area contributed by atoms with Crippen molar-refractivity contribution in [2.75, 3.05) is 5.32 Å². The molecule has 0 unspecified atom stereocenters. The van der Waals surface area contributed by atoms with E-state index >= 15 is 0 Å². The molecule has 6 rings (SSSR count). The van der Waals surface area contributed by atoms with Crippen LogP contribution in [0.15, 0.2) is 163 Å². The van der Waals surface area contributed by atoms with Crippen LogP contribution >= 0.6 is 11.3 Å². The van der Waals surface area contributed by atoms with Crippen molar-refractivity contribution >= 4 is 46.0 Å². The summed E-state index contributed by atoms with van der Waals surface area (Å²) in [7, 11) is 0. The summed E-state index contributed by atoms with van der Waals surface area (Å²) < 4.78 is 22.9. The molecule has 11 heteroatoms. The van der Waals surface area contributed by atoms with Gasteiger partial charge in [0.2, 0.25) is 0 Å². The van der Waals surface area contributed by atoms with Crippen LogP contribution in [0.2, 0.25) is 0 Å². The molecule has 0 fully saturated rings. The fourth-order valence-electron chi connectivity index (χ4n) is 5.60. The molecular weight excluding hydrogens is 729 g/mol. The predicted molar refractivity (Wildman–Crippen MR) is 212 cm³/mol. The molecule has 0 atom stereocenters. The molecule has 282 valence electrons. The lowest BCUT2D eigenvalue weighted by Gasteiger charge is -2.21. The lowest BCUT2D eigenvalue weighted by molar-refractivity contribution is -0.145. The summed E-state index contributed by atoms with van der Waals surface area (Å²) in [5, 5.41) is 4.22. The molecule has 0 aliphatic carbocycles. The van der Waals surface area contributed by atoms with Gasteiger partial charge in [-0.2, -0.15) is 0 Å². The van der Waals surface area contributed by atoms with Crippen molar-refractivity contribution in [3.8, 4) is 0 Å². The van der Waals surface area contributed by atoms with Gasteiger partial charge in [0.25, 0.3) is 0 Å². The number of nitrogens with zero attached hydrogens (tertiary/aromatic N) is 1. The Morgan fingerprint density at radius 1 is 0.554 bits per heavy atom. The van der Waals surface area contributed by atoms with Gasteiger partial charge in [-0.25, -0.2) is 19.4 Å². The Labute approximate surface area is 328 Å². The van der Waals surface area contributed by atoms with Gasteiger partial charge in [0.05, 0.1) is 16.8 Å². The monoisotopic (exact) mass is 766 g/mol. The highest BCUT2D eigenvalue weighted by Crippen LogP contribution is 2.33. The average molecular weight is 767 g/mol. The summed E-state index contributed by atoms with van der Waals surface area (Å²) in [6.45, 7) is -0.0400. The second-order valence-corrected chi connectivity index (χ2v) is 13.3. The summed E-state index contributed by atoms with van der Waals surface area (Å²) in [6, 6.07) is 45.8. The van der Waals surface area contributed by atoms with Crippen LogP contribution in [0.5, 0.6) is 0 Å². The maximum atomic E-state index is 14.6. The van der Waals surface area contributed by atoms with Gasteiger partial charge < -0.3 is 18.9 Å². The van der Waals surface area contributed by atoms with Crippen LogP contribution in [-0.2, 0) is 53.2 Å². The SMILES string of the molecule is O=C(CCC(C(=O)OCc1ccccc1)=C(C(=O)OC(c1ccccc1)c1ccccc1)c1csc(NC(=O)OCc2ccccc2)n1)OCc1ccccc1. The van der Waals surface area contributed by atoms with Crippen LogP contribution in [0.25, 0.3) is 5.57 Å². The molecule has 6 aromatic rings. The zero-order valence-electron chi connectivity index (χ0n) is 30.2. The number of hydrogen-bond donors (Lipinski definition) is 1. The van der Waals surface area contributed by atoms with Crippen LogP contribution in [0.1, 0.15) is 52.5 Å². The third-order valence-corrected chi connectivity index (χ3v) is 9.16. The first kappa shape index (κ1) is 38.9. The molecule has 1 heterocycles. The Morgan fingerprint density at radius 2 is 1.02 bits per heavy atom. The number of esters is 3. The number of thiazole rings is 1. The molecular formula is C45H38N2O8S. The molecule has 10 nitrogen and oxygen atoms in total. The van der Waals surface area contributed by atoms with E-state index < -0.39 is 30.1 Å². The van der Waals surface area contributed by atoms with Crippen LogP contribution < -0.4 is 5.32 Å². The first-order valence-electron chi connectivity index (χ1n) is 17.8. The molecule has 5 aromatic carbocycles. The van der Waals surface area contributed by atoms with E-state index in [0.717, 1.165) is 22.5 Å². The Bertz CT molecular complexity index is 2190. The van der Waals surface area contributed by atoms with E-state index in [-0.39, 0.29) is 54.6 Å². The molecule has 0 spiro atoms. The molecule has 56 heavy (non-hydrogen) atoms. The Hall–Kier alpha value is -6.85. The highest BCUT2D eigenvalue weighted by molar-refractivity contribution is 7.14. The lowest BCUT2D eigenvalue weighted by atomic mass is 9.99. The van der Waals surface area contributed by atoms with Crippen molar-refractivity contribution in [3.63, 3.8) is 0 Å². The van der Waals surface area contributed by atoms with E-state index in [1.807, 2.05) is 140 Å². The van der Waals surface area contributed by atoms with Crippen LogP contribution in [-0.4, -0.2) is 29.0 Å². The fourth-order valence-corrected chi connectivity index (χ4v) is 6.29. The van der Waals surface area contributed by atoms with E-state index in [1.54, 1.807) is 12.1 Å². The number of hydrogen-bond acceptors (Lipinski definition) is 10. The highest BCUT2D eigenvalue weighted by atomic mass is 32.1. The number of carbonyl (C=O) groups is 4. The van der Waals surface area contributed by atoms with Gasteiger partial charge in [-0.15, -0.1) is 11.3 Å². The van der Waals surface area contributed by atoms with E-state index in [4.69, 9.17) is 18.9 Å². The van der Waals surface area contributed by atoms with Crippen molar-refractivity contribution in [1.29, 1.82) is 0 Å². The molecule has 0 aliphatic rings. The van der Waals surface area contributed by atoms with Crippen molar-refractivity contribution in [2.24, 2.45) is 0 Å². The summed E-state index contributed by atoms with van der Waals surface area (Å²) in [5.41, 5.74) is 3.33. The Kier molecular flexibility index (Phi) is 13.9. The molecule has 1 amide bonds. The van der Waals surface area contributed by atoms with Crippen molar-refractivity contribution in [3.05, 3.63) is 196 Å². The molecule has 0 saturated heterocycles. The number of ether oxygens (including phenoxy) is 4. The van der Waals surface area contributed by atoms with E-state index in [9.17, 15) is 19.2 Å². The van der Waals surface area contributed by atoms with E-state index in [0.29, 0.717) is 16.7 Å². The minimum absolute atomic E-state index is 0.0283. The minimum atomic E-state index is -0.893. The molecule has 0 radical (unpaired) electrons. The van der Waals surface area contributed by atoms with Crippen molar-refractivity contribution in [1.82, 2.24) is 4.98 Å². The quantitative estimate of drug-likeness (QED) is 0.0582. The van der Waals surface area contributed by atoms with E-state index in [2.05, 4.69) is 10.3 Å². The Balaban J connectivity index is 1.34. The third-order valence-electron chi connectivity index (χ3n) is 8.40. The van der Waals surface area contributed by atoms with Crippen LogP contribution in [0.4, 0.5) is 9.93 Å². The van der Waals surface area contributed by atoms with Gasteiger partial charge in [-0.05, 0) is 34.2 Å². The van der Waals surface area contributed by atoms with Gasteiger partial charge >= 0.3 is 24.0 Å². The second-order valence-electron chi connectivity index (χ2n) is 12.4. The smallest absolute Gasteiger partial charge is 0.413 e. The van der Waals surface area contributed by atoms with Gasteiger partial charge in [0.1, 0.15) is 19.8 Å². The molecule has 1 N–H and O–H groups in total. The van der Waals surface area contributed by atoms with E-state index in [1.165, 1.54) is 5.38 Å². The third kappa shape index (κ3) is 11.3. The van der Waals surface area contributed by atoms with Crippen LogP contribution in [0, 0.1) is 0 Å². The standard InChI is InChI=1S/C45H38N2O8S/c48-39(52-28-32-16-6-1-7-17-32)27-26-37(42(49)53-29-33-18-8-2-9-19-33)40(38-31-56-44(46-38)47-45(51)54-30-34-20-10-3-11-21-34)43(50)55-41(35-22-12-4-13-23-35)36-24-14-5-15-25-36/h1-25,31,41H,26-30H2,(H,46,47,51). The summed E-state index contributed by atoms with van der Waals surface area (Å²) in [5.74, 6) is -2.34. The predicted octanol–water partition coefficient (Wildman–Crippen LogP) is 9.25. The number of aromatic nitrogens is 1. The summed E-state index contributed by atoms with van der Waals surface area (Å²) >= 11 is 1.02. The molecule has 0 bridgehead atoms. The minimum Gasteiger partial charge on any atom is -0.461 e. The maximum absolute atomic E-state index is 14.6. The largest absolute Gasteiger partial charge is 0.461 e. The summed E-state index contributed by atoms with van der Waals surface area (Å²) in [4.78, 5) is 59.1. The summed E-state index contributed by atoms with van der Waals surface area (Å²) in [6.07, 6.45) is -2.14. The number of carbonyl (C=O) groups excluding carboxylic acids is 4. The number of anilines is 1. The number of benzene rings is 5. The van der Waals surface area contributed by atoms with Gasteiger partial charge in [-0.3, -0.25) is 10.1 Å². The average Bonchev–Trinajstić information content (AvgIpc) is 3.70. The maximum Gasteiger partial charge on any atom is 0.413 e. The topological polar surface area (TPSA) is 130 Å². The van der Waals surface area contributed by atoms with Gasteiger partial charge in [0, 0.05) is 11.8 Å². The first-order valence-corrected chi connectivity index (χ1v) is 18.7. The molecule has 0 aliphatic heterocycles. The number of nitrogens with one attached hydrogen (secondary N) is 1. The highest BCUT2D eigenvalue weighted by Gasteiger charge is 2.31. The number of amides is 1. The lowest BCUT2D eigenvalue weighted by Crippen LogP contribution is -2.20. The van der Waals surface area contributed by atoms with Crippen molar-refractivity contribution in [2.45, 2.75) is 38.8 Å². The Morgan fingerprint density at radius 3 is 1.54 bits per heavy atom.